The first-order chi connectivity index (χ1) is 14.4. The molecule has 0 fully saturated rings. The van der Waals surface area contributed by atoms with E-state index in [2.05, 4.69) is 49.3 Å². The van der Waals surface area contributed by atoms with E-state index in [0.717, 1.165) is 47.5 Å². The lowest BCUT2D eigenvalue weighted by Gasteiger charge is -2.19. The SMILES string of the molecule is CC(CC(C)C)=NC1=C(N=CNC(=O)Cc2ccc(O)cc2)CCc2ccccc21. The van der Waals surface area contributed by atoms with Crippen LogP contribution < -0.4 is 5.32 Å². The molecular formula is C25H29N3O2. The summed E-state index contributed by atoms with van der Waals surface area (Å²) in [6.07, 6.45) is 4.33. The maximum atomic E-state index is 12.2. The van der Waals surface area contributed by atoms with E-state index in [1.165, 1.54) is 11.9 Å². The van der Waals surface area contributed by atoms with E-state index in [-0.39, 0.29) is 18.1 Å². The van der Waals surface area contributed by atoms with Gasteiger partial charge in [-0.05, 0) is 55.4 Å². The molecule has 2 aromatic carbocycles. The molecule has 3 rings (SSSR count). The molecule has 0 aromatic heterocycles. The number of nitrogens with one attached hydrogen (secondary N) is 1. The summed E-state index contributed by atoms with van der Waals surface area (Å²) < 4.78 is 0. The van der Waals surface area contributed by atoms with Gasteiger partial charge in [0.05, 0.1) is 24.2 Å². The molecular weight excluding hydrogens is 374 g/mol. The van der Waals surface area contributed by atoms with Crippen LogP contribution in [0.15, 0.2) is 64.2 Å². The Labute approximate surface area is 178 Å². The number of aliphatic imine (C=N–C) groups is 2. The van der Waals surface area contributed by atoms with Gasteiger partial charge in [0.1, 0.15) is 5.75 Å². The number of hydrogen-bond acceptors (Lipinski definition) is 4. The van der Waals surface area contributed by atoms with E-state index in [1.54, 1.807) is 24.3 Å². The smallest absolute Gasteiger partial charge is 0.229 e. The van der Waals surface area contributed by atoms with Gasteiger partial charge in [0.15, 0.2) is 0 Å². The number of phenolic OH excluding ortho intramolecular Hbond substituents is 1. The molecule has 0 spiro atoms. The number of hydrogen-bond donors (Lipinski definition) is 2. The van der Waals surface area contributed by atoms with Crippen molar-refractivity contribution in [1.29, 1.82) is 0 Å². The Morgan fingerprint density at radius 2 is 1.87 bits per heavy atom. The van der Waals surface area contributed by atoms with E-state index in [0.29, 0.717) is 5.92 Å². The highest BCUT2D eigenvalue weighted by atomic mass is 16.3. The molecule has 0 bridgehead atoms. The molecule has 1 aliphatic carbocycles. The third-order valence-corrected chi connectivity index (χ3v) is 4.93. The summed E-state index contributed by atoms with van der Waals surface area (Å²) in [6.45, 7) is 6.43. The summed E-state index contributed by atoms with van der Waals surface area (Å²) >= 11 is 0. The molecule has 1 aliphatic rings. The number of nitrogens with zero attached hydrogens (tertiary/aromatic N) is 2. The van der Waals surface area contributed by atoms with Crippen molar-refractivity contribution in [1.82, 2.24) is 5.32 Å². The van der Waals surface area contributed by atoms with Crippen molar-refractivity contribution in [3.63, 3.8) is 0 Å². The van der Waals surface area contributed by atoms with Crippen molar-refractivity contribution in [3.05, 3.63) is 70.9 Å². The molecule has 0 saturated heterocycles. The molecule has 1 amide bonds. The second-order valence-corrected chi connectivity index (χ2v) is 8.07. The van der Waals surface area contributed by atoms with Crippen LogP contribution in [0.3, 0.4) is 0 Å². The van der Waals surface area contributed by atoms with Gasteiger partial charge in [-0.1, -0.05) is 50.2 Å². The van der Waals surface area contributed by atoms with Gasteiger partial charge in [-0.15, -0.1) is 0 Å². The normalized spacial score (nSPS) is 14.3. The molecule has 0 radical (unpaired) electrons. The molecule has 2 aromatic rings. The van der Waals surface area contributed by atoms with Gasteiger partial charge in [-0.2, -0.15) is 0 Å². The molecule has 0 atom stereocenters. The number of aromatic hydroxyl groups is 1. The van der Waals surface area contributed by atoms with Gasteiger partial charge in [0.2, 0.25) is 5.91 Å². The lowest BCUT2D eigenvalue weighted by Crippen LogP contribution is -2.23. The molecule has 2 N–H and O–H groups in total. The largest absolute Gasteiger partial charge is 0.508 e. The minimum Gasteiger partial charge on any atom is -0.508 e. The van der Waals surface area contributed by atoms with Crippen LogP contribution in [0.5, 0.6) is 5.75 Å². The Kier molecular flexibility index (Phi) is 7.17. The number of carbonyl (C=O) groups is 1. The standard InChI is InChI=1S/C25H29N3O2/c1-17(2)14-18(3)28-25-22-7-5-4-6-20(22)10-13-23(25)26-16-27-24(30)15-19-8-11-21(29)12-9-19/h4-9,11-12,16-17,29H,10,13-15H2,1-3H3,(H,26,27,30). The number of phenols is 1. The van der Waals surface area contributed by atoms with Gasteiger partial charge in [-0.3, -0.25) is 9.79 Å². The summed E-state index contributed by atoms with van der Waals surface area (Å²) in [5.41, 5.74) is 6.11. The zero-order chi connectivity index (χ0) is 21.5. The maximum Gasteiger partial charge on any atom is 0.229 e. The van der Waals surface area contributed by atoms with Crippen molar-refractivity contribution in [3.8, 4) is 5.75 Å². The van der Waals surface area contributed by atoms with Gasteiger partial charge in [0, 0.05) is 11.3 Å². The maximum absolute atomic E-state index is 12.2. The minimum atomic E-state index is -0.151. The monoisotopic (exact) mass is 403 g/mol. The fourth-order valence-corrected chi connectivity index (χ4v) is 3.61. The molecule has 156 valence electrons. The zero-order valence-electron chi connectivity index (χ0n) is 17.9. The van der Waals surface area contributed by atoms with Gasteiger partial charge in [-0.25, -0.2) is 4.99 Å². The average molecular weight is 404 g/mol. The molecule has 0 aliphatic heterocycles. The number of allylic oxidation sites excluding steroid dienone is 1. The summed E-state index contributed by atoms with van der Waals surface area (Å²) in [7, 11) is 0. The number of carbonyl (C=O) groups excluding carboxylic acids is 1. The highest BCUT2D eigenvalue weighted by Gasteiger charge is 2.18. The molecule has 30 heavy (non-hydrogen) atoms. The lowest BCUT2D eigenvalue weighted by atomic mass is 9.92. The van der Waals surface area contributed by atoms with Crippen LogP contribution in [0, 0.1) is 5.92 Å². The fourth-order valence-electron chi connectivity index (χ4n) is 3.61. The third kappa shape index (κ3) is 5.89. The third-order valence-electron chi connectivity index (χ3n) is 4.93. The summed E-state index contributed by atoms with van der Waals surface area (Å²) in [4.78, 5) is 21.7. The predicted molar refractivity (Wildman–Crippen MR) is 123 cm³/mol. The number of benzene rings is 2. The molecule has 5 nitrogen and oxygen atoms in total. The Balaban J connectivity index is 1.78. The molecule has 0 saturated carbocycles. The molecule has 5 heteroatoms. The van der Waals surface area contributed by atoms with Crippen molar-refractivity contribution in [2.24, 2.45) is 15.9 Å². The van der Waals surface area contributed by atoms with Gasteiger partial charge >= 0.3 is 0 Å². The van der Waals surface area contributed by atoms with E-state index in [1.807, 2.05) is 6.07 Å². The van der Waals surface area contributed by atoms with Crippen molar-refractivity contribution in [2.75, 3.05) is 0 Å². The molecule has 0 unspecified atom stereocenters. The Morgan fingerprint density at radius 1 is 1.13 bits per heavy atom. The van der Waals surface area contributed by atoms with Crippen LogP contribution in [0.4, 0.5) is 0 Å². The van der Waals surface area contributed by atoms with E-state index < -0.39 is 0 Å². The molecule has 0 heterocycles. The summed E-state index contributed by atoms with van der Waals surface area (Å²) in [5, 5.41) is 12.1. The second-order valence-electron chi connectivity index (χ2n) is 8.07. The Morgan fingerprint density at radius 3 is 2.60 bits per heavy atom. The summed E-state index contributed by atoms with van der Waals surface area (Å²) in [6, 6.07) is 14.9. The van der Waals surface area contributed by atoms with Crippen molar-refractivity contribution < 1.29 is 9.90 Å². The second kappa shape index (κ2) is 10.0. The first-order valence-electron chi connectivity index (χ1n) is 10.4. The Hall–Kier alpha value is -3.21. The Bertz CT molecular complexity index is 986. The van der Waals surface area contributed by atoms with E-state index >= 15 is 0 Å². The van der Waals surface area contributed by atoms with Crippen molar-refractivity contribution >= 4 is 23.7 Å². The number of fused-ring (bicyclic) bond motifs is 1. The predicted octanol–water partition coefficient (Wildman–Crippen LogP) is 4.90. The highest BCUT2D eigenvalue weighted by Crippen LogP contribution is 2.33. The van der Waals surface area contributed by atoms with E-state index in [9.17, 15) is 9.90 Å². The number of rotatable bonds is 7. The van der Waals surface area contributed by atoms with Crippen LogP contribution in [-0.4, -0.2) is 23.1 Å². The number of aryl methyl sites for hydroxylation is 1. The van der Waals surface area contributed by atoms with Crippen LogP contribution in [0.2, 0.25) is 0 Å². The van der Waals surface area contributed by atoms with Gasteiger partial charge in [0.25, 0.3) is 0 Å². The van der Waals surface area contributed by atoms with Crippen LogP contribution in [-0.2, 0) is 17.6 Å². The average Bonchev–Trinajstić information content (AvgIpc) is 2.70. The highest BCUT2D eigenvalue weighted by molar-refractivity contribution is 5.91. The lowest BCUT2D eigenvalue weighted by molar-refractivity contribution is -0.118. The number of amides is 1. The first-order valence-corrected chi connectivity index (χ1v) is 10.4. The van der Waals surface area contributed by atoms with Crippen LogP contribution in [0.25, 0.3) is 5.70 Å². The minimum absolute atomic E-state index is 0.151. The van der Waals surface area contributed by atoms with E-state index in [4.69, 9.17) is 4.99 Å². The van der Waals surface area contributed by atoms with Gasteiger partial charge < -0.3 is 10.4 Å². The topological polar surface area (TPSA) is 74.0 Å². The van der Waals surface area contributed by atoms with Crippen molar-refractivity contribution in [2.45, 2.75) is 46.5 Å². The fraction of sp³-hybridized carbons (Fsp3) is 0.320. The van der Waals surface area contributed by atoms with Crippen LogP contribution in [0.1, 0.15) is 50.3 Å². The van der Waals surface area contributed by atoms with Crippen LogP contribution >= 0.6 is 0 Å². The zero-order valence-corrected chi connectivity index (χ0v) is 17.9. The quantitative estimate of drug-likeness (QED) is 0.510. The first kappa shape index (κ1) is 21.5. The summed E-state index contributed by atoms with van der Waals surface area (Å²) in [5.74, 6) is 0.577.